The highest BCUT2D eigenvalue weighted by Crippen LogP contribution is 2.19. The summed E-state index contributed by atoms with van der Waals surface area (Å²) in [4.78, 5) is 15.3. The molecule has 2 N–H and O–H groups in total. The van der Waals surface area contributed by atoms with Crippen LogP contribution in [-0.2, 0) is 9.53 Å². The van der Waals surface area contributed by atoms with Gasteiger partial charge in [0.05, 0.1) is 38.9 Å². The van der Waals surface area contributed by atoms with Gasteiger partial charge in [-0.05, 0) is 24.6 Å². The number of hydrogen-bond acceptors (Lipinski definition) is 3. The molecule has 1 saturated heterocycles. The van der Waals surface area contributed by atoms with Gasteiger partial charge in [0.1, 0.15) is 12.6 Å². The number of hydrogen-bond donors (Lipinski definition) is 2. The third kappa shape index (κ3) is 6.26. The van der Waals surface area contributed by atoms with E-state index in [1.807, 2.05) is 49.9 Å². The van der Waals surface area contributed by atoms with Crippen molar-refractivity contribution >= 4 is 17.5 Å². The van der Waals surface area contributed by atoms with Crippen LogP contribution >= 0.6 is 11.6 Å². The lowest BCUT2D eigenvalue weighted by Crippen LogP contribution is -3.16. The third-order valence-corrected chi connectivity index (χ3v) is 4.93. The Morgan fingerprint density at radius 2 is 1.84 bits per heavy atom. The number of nitrogens with zero attached hydrogens (tertiary/aromatic N) is 1. The molecule has 1 aromatic rings. The van der Waals surface area contributed by atoms with Gasteiger partial charge in [-0.3, -0.25) is 4.79 Å². The van der Waals surface area contributed by atoms with Gasteiger partial charge in [-0.1, -0.05) is 37.6 Å². The first kappa shape index (κ1) is 20.2. The monoisotopic (exact) mass is 369 g/mol. The number of carbonyl (C=O) groups excluding carboxylic acids is 1. The van der Waals surface area contributed by atoms with E-state index in [2.05, 4.69) is 0 Å². The number of rotatable bonds is 7. The van der Waals surface area contributed by atoms with Crippen molar-refractivity contribution in [1.82, 2.24) is 4.90 Å². The number of quaternary nitrogens is 1. The van der Waals surface area contributed by atoms with Gasteiger partial charge in [-0.15, -0.1) is 0 Å². The number of benzene rings is 1. The van der Waals surface area contributed by atoms with Crippen LogP contribution in [0.1, 0.15) is 32.4 Å². The quantitative estimate of drug-likeness (QED) is 0.758. The number of piperazine rings is 1. The molecule has 1 aromatic carbocycles. The first-order chi connectivity index (χ1) is 11.9. The fraction of sp³-hybridized carbons (Fsp3) is 0.632. The Morgan fingerprint density at radius 1 is 1.24 bits per heavy atom. The third-order valence-electron chi connectivity index (χ3n) is 4.68. The van der Waals surface area contributed by atoms with E-state index in [-0.39, 0.29) is 17.9 Å². The van der Waals surface area contributed by atoms with Crippen LogP contribution in [0.5, 0.6) is 0 Å². The van der Waals surface area contributed by atoms with Crippen molar-refractivity contribution in [3.63, 3.8) is 0 Å². The summed E-state index contributed by atoms with van der Waals surface area (Å²) in [5.41, 5.74) is 1.05. The number of ether oxygens (including phenoxy) is 1. The maximum Gasteiger partial charge on any atom is 0.225 e. The summed E-state index contributed by atoms with van der Waals surface area (Å²) in [5.74, 6) is 0.273. The van der Waals surface area contributed by atoms with Crippen LogP contribution in [0.25, 0.3) is 0 Å². The molecule has 0 unspecified atom stereocenters. The molecule has 6 heteroatoms. The Morgan fingerprint density at radius 3 is 2.40 bits per heavy atom. The maximum absolute atomic E-state index is 12.0. The van der Waals surface area contributed by atoms with E-state index in [4.69, 9.17) is 16.3 Å². The minimum absolute atomic E-state index is 0.0508. The lowest BCUT2D eigenvalue weighted by molar-refractivity contribution is -0.907. The van der Waals surface area contributed by atoms with Crippen molar-refractivity contribution in [2.45, 2.75) is 33.0 Å². The molecule has 5 nitrogen and oxygen atoms in total. The molecule has 1 amide bonds. The van der Waals surface area contributed by atoms with Crippen molar-refractivity contribution in [2.75, 3.05) is 39.3 Å². The van der Waals surface area contributed by atoms with Crippen molar-refractivity contribution in [1.29, 1.82) is 0 Å². The van der Waals surface area contributed by atoms with Crippen LogP contribution in [0, 0.1) is 5.92 Å². The lowest BCUT2D eigenvalue weighted by atomic mass is 10.1. The second kappa shape index (κ2) is 9.53. The van der Waals surface area contributed by atoms with Gasteiger partial charge in [0.2, 0.25) is 5.91 Å². The fourth-order valence-electron chi connectivity index (χ4n) is 3.09. The molecular weight excluding hydrogens is 340 g/mol. The van der Waals surface area contributed by atoms with Crippen LogP contribution in [0.2, 0.25) is 5.02 Å². The molecule has 2 rings (SSSR count). The highest BCUT2D eigenvalue weighted by molar-refractivity contribution is 6.30. The first-order valence-corrected chi connectivity index (χ1v) is 9.42. The van der Waals surface area contributed by atoms with Gasteiger partial charge in [0.15, 0.2) is 0 Å². The van der Waals surface area contributed by atoms with E-state index in [1.54, 1.807) is 0 Å². The van der Waals surface area contributed by atoms with Gasteiger partial charge in [0.25, 0.3) is 0 Å². The van der Waals surface area contributed by atoms with E-state index in [1.165, 1.54) is 4.90 Å². The topological polar surface area (TPSA) is 54.2 Å². The van der Waals surface area contributed by atoms with Gasteiger partial charge in [-0.2, -0.15) is 0 Å². The van der Waals surface area contributed by atoms with Crippen LogP contribution in [0.15, 0.2) is 24.3 Å². The largest absolute Gasteiger partial charge is 0.385 e. The number of carbonyl (C=O) groups is 1. The maximum atomic E-state index is 12.0. The fourth-order valence-corrected chi connectivity index (χ4v) is 3.22. The zero-order valence-corrected chi connectivity index (χ0v) is 16.1. The Bertz CT molecular complexity index is 542. The Labute approximate surface area is 155 Å². The first-order valence-electron chi connectivity index (χ1n) is 9.04. The normalized spacial score (nSPS) is 18.4. The van der Waals surface area contributed by atoms with Crippen LogP contribution in [0.4, 0.5) is 0 Å². The summed E-state index contributed by atoms with van der Waals surface area (Å²) >= 11 is 5.89. The summed E-state index contributed by atoms with van der Waals surface area (Å²) in [5, 5.41) is 11.0. The summed E-state index contributed by atoms with van der Waals surface area (Å²) in [6.45, 7) is 10.1. The molecule has 1 fully saturated rings. The molecule has 140 valence electrons. The number of halogens is 1. The van der Waals surface area contributed by atoms with Crippen molar-refractivity contribution in [3.8, 4) is 0 Å². The smallest absolute Gasteiger partial charge is 0.225 e. The Hall–Kier alpha value is -1.14. The molecule has 0 radical (unpaired) electrons. The van der Waals surface area contributed by atoms with Crippen LogP contribution in [-0.4, -0.2) is 61.3 Å². The number of aliphatic hydroxyl groups is 1. The predicted molar refractivity (Wildman–Crippen MR) is 98.8 cm³/mol. The van der Waals surface area contributed by atoms with Gasteiger partial charge >= 0.3 is 0 Å². The summed E-state index contributed by atoms with van der Waals surface area (Å²) < 4.78 is 5.79. The molecule has 0 spiro atoms. The second-order valence-corrected chi connectivity index (χ2v) is 7.55. The average Bonchev–Trinajstić information content (AvgIpc) is 2.60. The number of aliphatic hydroxyl groups excluding tert-OH is 1. The number of nitrogens with one attached hydrogen (secondary N) is 1. The van der Waals surface area contributed by atoms with Gasteiger partial charge < -0.3 is 19.6 Å². The van der Waals surface area contributed by atoms with E-state index in [0.29, 0.717) is 18.2 Å². The standard InChI is InChI=1S/C19H29ClN2O3/c1-14(2)19(24)22-10-8-21(9-11-22)12-18(23)13-25-15(3)16-4-6-17(20)7-5-16/h4-7,14-15,18,23H,8-13H2,1-3H3/p+1/t15-,18-/m0/s1. The Kier molecular flexibility index (Phi) is 7.69. The van der Waals surface area contributed by atoms with Gasteiger partial charge in [-0.25, -0.2) is 0 Å². The van der Waals surface area contributed by atoms with Crippen molar-refractivity contribution in [2.24, 2.45) is 5.92 Å². The SMILES string of the molecule is CC(C)C(=O)N1CC[NH+](C[C@H](O)CO[C@@H](C)c2ccc(Cl)cc2)CC1. The molecular formula is C19H30ClN2O3+. The molecule has 0 aromatic heterocycles. The molecule has 0 bridgehead atoms. The molecule has 1 aliphatic heterocycles. The van der Waals surface area contributed by atoms with E-state index in [9.17, 15) is 9.90 Å². The molecule has 25 heavy (non-hydrogen) atoms. The molecule has 1 aliphatic rings. The predicted octanol–water partition coefficient (Wildman–Crippen LogP) is 1.16. The highest BCUT2D eigenvalue weighted by atomic mass is 35.5. The molecule has 1 heterocycles. The zero-order valence-electron chi connectivity index (χ0n) is 15.4. The molecule has 0 saturated carbocycles. The van der Waals surface area contributed by atoms with Crippen molar-refractivity contribution < 1.29 is 19.5 Å². The minimum Gasteiger partial charge on any atom is -0.385 e. The van der Waals surface area contributed by atoms with Crippen molar-refractivity contribution in [3.05, 3.63) is 34.9 Å². The van der Waals surface area contributed by atoms with E-state index >= 15 is 0 Å². The summed E-state index contributed by atoms with van der Waals surface area (Å²) in [6.07, 6.45) is -0.584. The van der Waals surface area contributed by atoms with E-state index in [0.717, 1.165) is 31.7 Å². The lowest BCUT2D eigenvalue weighted by Gasteiger charge is -2.34. The van der Waals surface area contributed by atoms with Crippen LogP contribution < -0.4 is 4.90 Å². The zero-order chi connectivity index (χ0) is 18.4. The molecule has 0 aliphatic carbocycles. The highest BCUT2D eigenvalue weighted by Gasteiger charge is 2.26. The molecule has 2 atom stereocenters. The average molecular weight is 370 g/mol. The number of amides is 1. The summed E-state index contributed by atoms with van der Waals surface area (Å²) in [6, 6.07) is 7.57. The van der Waals surface area contributed by atoms with Crippen LogP contribution in [0.3, 0.4) is 0 Å². The summed E-state index contributed by atoms with van der Waals surface area (Å²) in [7, 11) is 0. The Balaban J connectivity index is 1.69. The minimum atomic E-state index is -0.503. The second-order valence-electron chi connectivity index (χ2n) is 7.12. The van der Waals surface area contributed by atoms with E-state index < -0.39 is 6.10 Å². The van der Waals surface area contributed by atoms with Gasteiger partial charge in [0, 0.05) is 10.9 Å².